The summed E-state index contributed by atoms with van der Waals surface area (Å²) in [5, 5.41) is 11.2. The van der Waals surface area contributed by atoms with E-state index < -0.39 is 0 Å². The minimum Gasteiger partial charge on any atom is -0.376 e. The molecule has 1 unspecified atom stereocenters. The van der Waals surface area contributed by atoms with Gasteiger partial charge in [-0.1, -0.05) is 19.1 Å². The number of hydrogen-bond donors (Lipinski definition) is 4. The van der Waals surface area contributed by atoms with E-state index >= 15 is 0 Å². The summed E-state index contributed by atoms with van der Waals surface area (Å²) in [6.45, 7) is 3.97. The van der Waals surface area contributed by atoms with Gasteiger partial charge in [0, 0.05) is 35.6 Å². The molecule has 3 amide bonds. The van der Waals surface area contributed by atoms with E-state index in [0.29, 0.717) is 22.5 Å². The summed E-state index contributed by atoms with van der Waals surface area (Å²) in [6.07, 6.45) is 0.842. The van der Waals surface area contributed by atoms with Crippen LogP contribution in [0.1, 0.15) is 41.0 Å². The van der Waals surface area contributed by atoms with E-state index in [9.17, 15) is 14.4 Å². The summed E-state index contributed by atoms with van der Waals surface area (Å²) >= 11 is 0. The van der Waals surface area contributed by atoms with Crippen molar-refractivity contribution in [2.75, 3.05) is 24.2 Å². The van der Waals surface area contributed by atoms with Crippen LogP contribution in [-0.2, 0) is 4.79 Å². The molecule has 0 aromatic heterocycles. The molecule has 148 valence electrons. The monoisotopic (exact) mass is 382 g/mol. The van der Waals surface area contributed by atoms with E-state index in [4.69, 9.17) is 0 Å². The first-order chi connectivity index (χ1) is 13.4. The Balaban J connectivity index is 1.94. The molecule has 7 nitrogen and oxygen atoms in total. The summed E-state index contributed by atoms with van der Waals surface area (Å²) in [5.74, 6) is -0.625. The third-order valence-electron chi connectivity index (χ3n) is 4.20. The molecule has 7 heteroatoms. The van der Waals surface area contributed by atoms with Gasteiger partial charge in [-0.05, 0) is 49.7 Å². The maximum atomic E-state index is 12.2. The fraction of sp³-hybridized carbons (Fsp3) is 0.286. The molecule has 0 heterocycles. The number of anilines is 2. The zero-order valence-electron chi connectivity index (χ0n) is 16.3. The highest BCUT2D eigenvalue weighted by molar-refractivity contribution is 5.98. The van der Waals surface area contributed by atoms with Crippen LogP contribution in [0, 0.1) is 0 Å². The fourth-order valence-corrected chi connectivity index (χ4v) is 2.45. The third-order valence-corrected chi connectivity index (χ3v) is 4.20. The molecule has 0 spiro atoms. The van der Waals surface area contributed by atoms with Crippen molar-refractivity contribution < 1.29 is 14.4 Å². The van der Waals surface area contributed by atoms with E-state index in [1.807, 2.05) is 13.8 Å². The average Bonchev–Trinajstić information content (AvgIpc) is 2.71. The van der Waals surface area contributed by atoms with Gasteiger partial charge in [0.05, 0.1) is 6.54 Å². The Morgan fingerprint density at radius 2 is 1.54 bits per heavy atom. The van der Waals surface area contributed by atoms with Crippen molar-refractivity contribution in [3.63, 3.8) is 0 Å². The van der Waals surface area contributed by atoms with E-state index in [1.54, 1.807) is 55.6 Å². The number of amides is 3. The van der Waals surface area contributed by atoms with Crippen LogP contribution in [0.15, 0.2) is 48.5 Å². The number of carbonyl (C=O) groups is 3. The molecule has 2 rings (SSSR count). The summed E-state index contributed by atoms with van der Waals surface area (Å²) in [7, 11) is 1.56. The van der Waals surface area contributed by atoms with E-state index in [2.05, 4.69) is 21.3 Å². The van der Waals surface area contributed by atoms with E-state index in [1.165, 1.54) is 0 Å². The number of carbonyl (C=O) groups excluding carboxylic acids is 3. The first kappa shape index (κ1) is 21.0. The second kappa shape index (κ2) is 10.1. The molecular weight excluding hydrogens is 356 g/mol. The minimum absolute atomic E-state index is 0.0283. The standard InChI is InChI=1S/C21H26N4O3/c1-4-14(2)24-21(28)16-8-6-10-18(12-16)25-19(26)13-23-17-9-5-7-15(11-17)20(27)22-3/h5-12,14,23H,4,13H2,1-3H3,(H,22,27)(H,24,28)(H,25,26). The van der Waals surface area contributed by atoms with Gasteiger partial charge in [-0.25, -0.2) is 0 Å². The smallest absolute Gasteiger partial charge is 0.251 e. The largest absolute Gasteiger partial charge is 0.376 e. The van der Waals surface area contributed by atoms with Crippen molar-refractivity contribution in [2.45, 2.75) is 26.3 Å². The van der Waals surface area contributed by atoms with Crippen molar-refractivity contribution in [2.24, 2.45) is 0 Å². The summed E-state index contributed by atoms with van der Waals surface area (Å²) in [4.78, 5) is 36.1. The molecule has 0 bridgehead atoms. The lowest BCUT2D eigenvalue weighted by molar-refractivity contribution is -0.114. The lowest BCUT2D eigenvalue weighted by Crippen LogP contribution is -2.32. The Morgan fingerprint density at radius 3 is 2.18 bits per heavy atom. The van der Waals surface area contributed by atoms with Crippen LogP contribution in [0.4, 0.5) is 11.4 Å². The van der Waals surface area contributed by atoms with Crippen molar-refractivity contribution in [1.29, 1.82) is 0 Å². The van der Waals surface area contributed by atoms with Gasteiger partial charge in [-0.3, -0.25) is 14.4 Å². The van der Waals surface area contributed by atoms with Crippen molar-refractivity contribution in [3.8, 4) is 0 Å². The zero-order chi connectivity index (χ0) is 20.5. The van der Waals surface area contributed by atoms with Crippen molar-refractivity contribution in [3.05, 3.63) is 59.7 Å². The lowest BCUT2D eigenvalue weighted by atomic mass is 10.1. The highest BCUT2D eigenvalue weighted by atomic mass is 16.2. The molecule has 2 aromatic rings. The normalized spacial score (nSPS) is 11.2. The predicted molar refractivity (Wildman–Crippen MR) is 111 cm³/mol. The van der Waals surface area contributed by atoms with E-state index in [0.717, 1.165) is 6.42 Å². The topological polar surface area (TPSA) is 99.3 Å². The third kappa shape index (κ3) is 6.12. The fourth-order valence-electron chi connectivity index (χ4n) is 2.45. The number of benzene rings is 2. The van der Waals surface area contributed by atoms with Crippen LogP contribution in [-0.4, -0.2) is 37.4 Å². The Hall–Kier alpha value is -3.35. The van der Waals surface area contributed by atoms with Crippen LogP contribution in [0.3, 0.4) is 0 Å². The van der Waals surface area contributed by atoms with Gasteiger partial charge < -0.3 is 21.3 Å². The molecule has 0 saturated carbocycles. The van der Waals surface area contributed by atoms with Gasteiger partial charge in [0.15, 0.2) is 0 Å². The molecule has 0 radical (unpaired) electrons. The highest BCUT2D eigenvalue weighted by Crippen LogP contribution is 2.13. The molecule has 0 aliphatic rings. The molecule has 2 aromatic carbocycles. The molecule has 0 aliphatic carbocycles. The predicted octanol–water partition coefficient (Wildman–Crippen LogP) is 2.63. The Bertz CT molecular complexity index is 851. The zero-order valence-corrected chi connectivity index (χ0v) is 16.3. The molecule has 1 atom stereocenters. The summed E-state index contributed by atoms with van der Waals surface area (Å²) in [5.41, 5.74) is 2.21. The number of rotatable bonds is 8. The van der Waals surface area contributed by atoms with Gasteiger partial charge in [0.1, 0.15) is 0 Å². The molecule has 0 fully saturated rings. The van der Waals surface area contributed by atoms with Gasteiger partial charge >= 0.3 is 0 Å². The number of hydrogen-bond acceptors (Lipinski definition) is 4. The van der Waals surface area contributed by atoms with E-state index in [-0.39, 0.29) is 30.3 Å². The molecule has 0 saturated heterocycles. The van der Waals surface area contributed by atoms with Crippen LogP contribution < -0.4 is 21.3 Å². The molecular formula is C21H26N4O3. The second-order valence-corrected chi connectivity index (χ2v) is 6.43. The SMILES string of the molecule is CCC(C)NC(=O)c1cccc(NC(=O)CNc2cccc(C(=O)NC)c2)c1. The summed E-state index contributed by atoms with van der Waals surface area (Å²) in [6, 6.07) is 13.8. The Kier molecular flexibility index (Phi) is 7.56. The van der Waals surface area contributed by atoms with Gasteiger partial charge in [0.25, 0.3) is 11.8 Å². The highest BCUT2D eigenvalue weighted by Gasteiger charge is 2.10. The molecule has 28 heavy (non-hydrogen) atoms. The molecule has 4 N–H and O–H groups in total. The average molecular weight is 382 g/mol. The first-order valence-corrected chi connectivity index (χ1v) is 9.19. The van der Waals surface area contributed by atoms with Crippen molar-refractivity contribution in [1.82, 2.24) is 10.6 Å². The summed E-state index contributed by atoms with van der Waals surface area (Å²) < 4.78 is 0. The first-order valence-electron chi connectivity index (χ1n) is 9.19. The van der Waals surface area contributed by atoms with Crippen LogP contribution in [0.25, 0.3) is 0 Å². The minimum atomic E-state index is -0.259. The number of nitrogens with one attached hydrogen (secondary N) is 4. The Morgan fingerprint density at radius 1 is 0.929 bits per heavy atom. The van der Waals surface area contributed by atoms with Crippen LogP contribution >= 0.6 is 0 Å². The van der Waals surface area contributed by atoms with Crippen LogP contribution in [0.5, 0.6) is 0 Å². The van der Waals surface area contributed by atoms with Gasteiger partial charge in [-0.15, -0.1) is 0 Å². The quantitative estimate of drug-likeness (QED) is 0.564. The second-order valence-electron chi connectivity index (χ2n) is 6.43. The Labute approximate surface area is 164 Å². The molecule has 0 aliphatic heterocycles. The van der Waals surface area contributed by atoms with Gasteiger partial charge in [-0.2, -0.15) is 0 Å². The lowest BCUT2D eigenvalue weighted by Gasteiger charge is -2.12. The maximum absolute atomic E-state index is 12.2. The van der Waals surface area contributed by atoms with Crippen LogP contribution in [0.2, 0.25) is 0 Å². The van der Waals surface area contributed by atoms with Gasteiger partial charge in [0.2, 0.25) is 5.91 Å². The van der Waals surface area contributed by atoms with Crippen molar-refractivity contribution >= 4 is 29.1 Å². The maximum Gasteiger partial charge on any atom is 0.251 e.